The van der Waals surface area contributed by atoms with Gasteiger partial charge >= 0.3 is 0 Å². The molecule has 0 aliphatic heterocycles. The lowest BCUT2D eigenvalue weighted by Gasteiger charge is -2.23. The van der Waals surface area contributed by atoms with Crippen LogP contribution in [0.25, 0.3) is 0 Å². The third kappa shape index (κ3) is 8.45. The lowest BCUT2D eigenvalue weighted by Crippen LogP contribution is -2.36. The zero-order chi connectivity index (χ0) is 23.0. The molecule has 0 atom stereocenters. The van der Waals surface area contributed by atoms with Gasteiger partial charge in [0.05, 0.1) is 6.26 Å². The van der Waals surface area contributed by atoms with Crippen LogP contribution in [0.1, 0.15) is 42.5 Å². The first-order valence-corrected chi connectivity index (χ1v) is 10.5. The molecule has 1 heterocycles. The predicted octanol–water partition coefficient (Wildman–Crippen LogP) is 5.19. The van der Waals surface area contributed by atoms with E-state index in [1.165, 1.54) is 6.26 Å². The molecule has 176 valence electrons. The molecule has 0 saturated heterocycles. The Bertz CT molecular complexity index is 1060. The van der Waals surface area contributed by atoms with Gasteiger partial charge in [-0.1, -0.05) is 30.3 Å². The minimum atomic E-state index is -0.284. The highest BCUT2D eigenvalue weighted by Gasteiger charge is 2.14. The average molecular weight is 562 g/mol. The topological polar surface area (TPSA) is 87.9 Å². The van der Waals surface area contributed by atoms with Gasteiger partial charge in [0.25, 0.3) is 5.91 Å². The van der Waals surface area contributed by atoms with Crippen LogP contribution in [0.2, 0.25) is 0 Å². The lowest BCUT2D eigenvalue weighted by molar-refractivity contribution is 0.0996. The molecule has 0 fully saturated rings. The van der Waals surface area contributed by atoms with Crippen molar-refractivity contribution >= 4 is 41.5 Å². The van der Waals surface area contributed by atoms with Gasteiger partial charge in [0.1, 0.15) is 11.4 Å². The number of nitrogens with one attached hydrogen (secondary N) is 3. The second-order valence-corrected chi connectivity index (χ2v) is 8.23. The fraction of sp³-hybridized carbons (Fsp3) is 0.280. The number of hydrogen-bond acceptors (Lipinski definition) is 4. The van der Waals surface area contributed by atoms with Crippen LogP contribution in [0, 0.1) is 0 Å². The zero-order valence-electron chi connectivity index (χ0n) is 19.3. The molecule has 8 heteroatoms. The van der Waals surface area contributed by atoms with E-state index in [-0.39, 0.29) is 41.2 Å². The van der Waals surface area contributed by atoms with E-state index in [1.54, 1.807) is 19.2 Å². The molecule has 0 unspecified atom stereocenters. The first kappa shape index (κ1) is 26.2. The summed E-state index contributed by atoms with van der Waals surface area (Å²) in [4.78, 5) is 16.5. The van der Waals surface area contributed by atoms with Crippen molar-refractivity contribution in [3.63, 3.8) is 0 Å². The Balaban J connectivity index is 0.00000385. The first-order chi connectivity index (χ1) is 15.3. The van der Waals surface area contributed by atoms with Gasteiger partial charge in [-0.25, -0.2) is 0 Å². The number of hydrogen-bond donors (Lipinski definition) is 3. The van der Waals surface area contributed by atoms with Crippen molar-refractivity contribution in [2.24, 2.45) is 4.99 Å². The number of benzene rings is 2. The SMILES string of the molecule is CN=C(NCc1cccc(NC(=O)c2ccco2)c1)NCc1ccccc1OC(C)(C)C.I. The molecule has 7 nitrogen and oxygen atoms in total. The molecular weight excluding hydrogens is 531 g/mol. The van der Waals surface area contributed by atoms with Crippen LogP contribution < -0.4 is 20.7 Å². The van der Waals surface area contributed by atoms with Gasteiger partial charge in [-0.15, -0.1) is 24.0 Å². The highest BCUT2D eigenvalue weighted by atomic mass is 127. The molecule has 1 aromatic heterocycles. The summed E-state index contributed by atoms with van der Waals surface area (Å²) in [5.41, 5.74) is 2.48. The van der Waals surface area contributed by atoms with E-state index in [9.17, 15) is 4.79 Å². The Morgan fingerprint density at radius 1 is 1.00 bits per heavy atom. The maximum Gasteiger partial charge on any atom is 0.291 e. The average Bonchev–Trinajstić information content (AvgIpc) is 3.29. The zero-order valence-corrected chi connectivity index (χ0v) is 21.7. The van der Waals surface area contributed by atoms with Crippen LogP contribution in [-0.2, 0) is 13.1 Å². The quantitative estimate of drug-likeness (QED) is 0.210. The van der Waals surface area contributed by atoms with Crippen molar-refractivity contribution < 1.29 is 13.9 Å². The maximum atomic E-state index is 12.2. The van der Waals surface area contributed by atoms with E-state index in [0.717, 1.165) is 16.9 Å². The fourth-order valence-corrected chi connectivity index (χ4v) is 3.02. The molecule has 33 heavy (non-hydrogen) atoms. The van der Waals surface area contributed by atoms with Crippen molar-refractivity contribution in [1.82, 2.24) is 10.6 Å². The number of halogens is 1. The highest BCUT2D eigenvalue weighted by molar-refractivity contribution is 14.0. The molecule has 1 amide bonds. The third-order valence-corrected chi connectivity index (χ3v) is 4.45. The van der Waals surface area contributed by atoms with E-state index < -0.39 is 0 Å². The first-order valence-electron chi connectivity index (χ1n) is 10.5. The smallest absolute Gasteiger partial charge is 0.291 e. The van der Waals surface area contributed by atoms with E-state index in [2.05, 4.69) is 20.9 Å². The van der Waals surface area contributed by atoms with Crippen LogP contribution in [0.4, 0.5) is 5.69 Å². The number of carbonyl (C=O) groups excluding carboxylic acids is 1. The molecular formula is C25H31IN4O3. The van der Waals surface area contributed by atoms with Crippen molar-refractivity contribution in [3.05, 3.63) is 83.8 Å². The van der Waals surface area contributed by atoms with Crippen LogP contribution in [0.5, 0.6) is 5.75 Å². The summed E-state index contributed by atoms with van der Waals surface area (Å²) >= 11 is 0. The van der Waals surface area contributed by atoms with Gasteiger partial charge in [-0.3, -0.25) is 9.79 Å². The minimum absolute atomic E-state index is 0. The minimum Gasteiger partial charge on any atom is -0.488 e. The standard InChI is InChI=1S/C25H30N4O3.HI/c1-25(2,3)32-21-12-6-5-10-19(21)17-28-24(26-4)27-16-18-9-7-11-20(15-18)29-23(30)22-13-8-14-31-22;/h5-15H,16-17H2,1-4H3,(H,29,30)(H2,26,27,28);1H. The van der Waals surface area contributed by atoms with Crippen molar-refractivity contribution in [2.45, 2.75) is 39.5 Å². The summed E-state index contributed by atoms with van der Waals surface area (Å²) in [6.07, 6.45) is 1.47. The van der Waals surface area contributed by atoms with Crippen molar-refractivity contribution in [2.75, 3.05) is 12.4 Å². The summed E-state index contributed by atoms with van der Waals surface area (Å²) in [5, 5.41) is 9.46. The summed E-state index contributed by atoms with van der Waals surface area (Å²) < 4.78 is 11.2. The largest absolute Gasteiger partial charge is 0.488 e. The number of guanidine groups is 1. The van der Waals surface area contributed by atoms with Crippen LogP contribution in [-0.4, -0.2) is 24.5 Å². The molecule has 0 aliphatic carbocycles. The molecule has 0 spiro atoms. The monoisotopic (exact) mass is 562 g/mol. The second-order valence-electron chi connectivity index (χ2n) is 8.23. The van der Waals surface area contributed by atoms with E-state index in [1.807, 2.05) is 69.3 Å². The third-order valence-electron chi connectivity index (χ3n) is 4.45. The number of carbonyl (C=O) groups is 1. The molecule has 3 rings (SSSR count). The molecule has 0 saturated carbocycles. The number of rotatable bonds is 7. The van der Waals surface area contributed by atoms with Crippen LogP contribution in [0.15, 0.2) is 76.3 Å². The summed E-state index contributed by atoms with van der Waals surface area (Å²) in [7, 11) is 1.73. The van der Waals surface area contributed by atoms with Gasteiger partial charge in [0.15, 0.2) is 11.7 Å². The summed E-state index contributed by atoms with van der Waals surface area (Å²) in [5.74, 6) is 1.51. The Morgan fingerprint density at radius 2 is 1.76 bits per heavy atom. The van der Waals surface area contributed by atoms with Gasteiger partial charge < -0.3 is 25.1 Å². The van der Waals surface area contributed by atoms with Crippen molar-refractivity contribution in [3.8, 4) is 5.75 Å². The van der Waals surface area contributed by atoms with Crippen LogP contribution >= 0.6 is 24.0 Å². The Labute approximate surface area is 212 Å². The van der Waals surface area contributed by atoms with E-state index >= 15 is 0 Å². The van der Waals surface area contributed by atoms with Crippen molar-refractivity contribution in [1.29, 1.82) is 0 Å². The number of furan rings is 1. The van der Waals surface area contributed by atoms with E-state index in [0.29, 0.717) is 24.7 Å². The number of nitrogens with zero attached hydrogens (tertiary/aromatic N) is 1. The van der Waals surface area contributed by atoms with Gasteiger partial charge in [0, 0.05) is 31.4 Å². The Hall–Kier alpha value is -3.01. The summed E-state index contributed by atoms with van der Waals surface area (Å²) in [6.45, 7) is 7.21. The lowest BCUT2D eigenvalue weighted by atomic mass is 10.1. The Morgan fingerprint density at radius 3 is 2.45 bits per heavy atom. The summed E-state index contributed by atoms with van der Waals surface area (Å²) in [6, 6.07) is 18.9. The van der Waals surface area contributed by atoms with Gasteiger partial charge in [-0.05, 0) is 56.7 Å². The number of aliphatic imine (C=N–C) groups is 1. The maximum absolute atomic E-state index is 12.2. The predicted molar refractivity (Wildman–Crippen MR) is 142 cm³/mol. The fourth-order valence-electron chi connectivity index (χ4n) is 3.02. The Kier molecular flexibility index (Phi) is 9.77. The molecule has 0 bridgehead atoms. The second kappa shape index (κ2) is 12.3. The van der Waals surface area contributed by atoms with Gasteiger partial charge in [0.2, 0.25) is 0 Å². The van der Waals surface area contributed by atoms with E-state index in [4.69, 9.17) is 9.15 Å². The highest BCUT2D eigenvalue weighted by Crippen LogP contribution is 2.22. The van der Waals surface area contributed by atoms with Crippen LogP contribution in [0.3, 0.4) is 0 Å². The van der Waals surface area contributed by atoms with Gasteiger partial charge in [-0.2, -0.15) is 0 Å². The molecule has 3 N–H and O–H groups in total. The number of para-hydroxylation sites is 1. The molecule has 0 aliphatic rings. The molecule has 0 radical (unpaired) electrons. The number of ether oxygens (including phenoxy) is 1. The number of amides is 1. The molecule has 3 aromatic rings. The number of anilines is 1. The molecule has 2 aromatic carbocycles. The normalized spacial score (nSPS) is 11.3.